The molecule has 2 N–H and O–H groups in total. The van der Waals surface area contributed by atoms with Crippen LogP contribution in [0.4, 0.5) is 5.82 Å². The number of amides is 1. The second kappa shape index (κ2) is 6.37. The van der Waals surface area contributed by atoms with Gasteiger partial charge >= 0.3 is 0 Å². The molecule has 0 radical (unpaired) electrons. The van der Waals surface area contributed by atoms with Crippen LogP contribution in [0, 0.1) is 24.2 Å². The number of para-hydroxylation sites is 1. The van der Waals surface area contributed by atoms with E-state index in [1.807, 2.05) is 61.5 Å². The quantitative estimate of drug-likeness (QED) is 0.757. The molecule has 6 heteroatoms. The zero-order valence-electron chi connectivity index (χ0n) is 14.1. The van der Waals surface area contributed by atoms with E-state index in [0.29, 0.717) is 11.6 Å². The first-order chi connectivity index (χ1) is 12.7. The van der Waals surface area contributed by atoms with E-state index in [-0.39, 0.29) is 5.91 Å². The average molecular weight is 344 g/mol. The first kappa shape index (κ1) is 15.9. The highest BCUT2D eigenvalue weighted by Crippen LogP contribution is 2.42. The van der Waals surface area contributed by atoms with E-state index in [1.54, 1.807) is 0 Å². The molecular formula is C20H16N4O2. The fraction of sp³-hybridized carbons (Fsp3) is 0.150. The average Bonchev–Trinajstić information content (AvgIpc) is 3.02. The number of carbonyl (C=O) groups is 1. The van der Waals surface area contributed by atoms with Gasteiger partial charge in [-0.05, 0) is 36.8 Å². The van der Waals surface area contributed by atoms with E-state index in [2.05, 4.69) is 21.6 Å². The monoisotopic (exact) mass is 344 g/mol. The molecular weight excluding hydrogens is 328 g/mol. The van der Waals surface area contributed by atoms with Crippen LogP contribution in [0.1, 0.15) is 22.7 Å². The van der Waals surface area contributed by atoms with Crippen molar-refractivity contribution >= 4 is 11.7 Å². The lowest BCUT2D eigenvalue weighted by Crippen LogP contribution is -2.33. The van der Waals surface area contributed by atoms with Gasteiger partial charge in [-0.2, -0.15) is 10.4 Å². The number of ether oxygens (including phenoxy) is 1. The minimum absolute atomic E-state index is 0.342. The number of benzene rings is 2. The lowest BCUT2D eigenvalue weighted by Gasteiger charge is -2.27. The van der Waals surface area contributed by atoms with Crippen LogP contribution >= 0.6 is 0 Å². The lowest BCUT2D eigenvalue weighted by atomic mass is 9.78. The molecule has 0 saturated heterocycles. The maximum Gasteiger partial charge on any atom is 0.243 e. The van der Waals surface area contributed by atoms with Crippen molar-refractivity contribution in [3.63, 3.8) is 0 Å². The minimum Gasteiger partial charge on any atom is -0.457 e. The number of rotatable bonds is 3. The Labute approximate surface area is 150 Å². The first-order valence-corrected chi connectivity index (χ1v) is 8.25. The smallest absolute Gasteiger partial charge is 0.243 e. The van der Waals surface area contributed by atoms with Gasteiger partial charge in [0.05, 0.1) is 6.07 Å². The van der Waals surface area contributed by atoms with Crippen molar-refractivity contribution in [2.75, 3.05) is 5.32 Å². The summed E-state index contributed by atoms with van der Waals surface area (Å²) in [5.74, 6) is 0.291. The van der Waals surface area contributed by atoms with Crippen molar-refractivity contribution in [3.8, 4) is 17.6 Å². The van der Waals surface area contributed by atoms with Crippen LogP contribution in [0.2, 0.25) is 0 Å². The van der Waals surface area contributed by atoms with E-state index in [1.165, 1.54) is 0 Å². The van der Waals surface area contributed by atoms with E-state index >= 15 is 0 Å². The number of fused-ring (bicyclic) bond motifs is 1. The van der Waals surface area contributed by atoms with Gasteiger partial charge in [-0.15, -0.1) is 0 Å². The number of nitrogens with one attached hydrogen (secondary N) is 2. The number of H-pyrrole nitrogens is 1. The summed E-state index contributed by atoms with van der Waals surface area (Å²) in [7, 11) is 0. The Morgan fingerprint density at radius 1 is 1.12 bits per heavy atom. The molecule has 2 unspecified atom stereocenters. The summed E-state index contributed by atoms with van der Waals surface area (Å²) < 4.78 is 5.90. The number of hydrogen-bond acceptors (Lipinski definition) is 4. The zero-order valence-corrected chi connectivity index (χ0v) is 14.1. The Morgan fingerprint density at radius 3 is 2.65 bits per heavy atom. The van der Waals surface area contributed by atoms with Crippen molar-refractivity contribution in [1.29, 1.82) is 5.26 Å². The lowest BCUT2D eigenvalue weighted by molar-refractivity contribution is -0.119. The third-order valence-electron chi connectivity index (χ3n) is 4.50. The van der Waals surface area contributed by atoms with Gasteiger partial charge < -0.3 is 10.1 Å². The number of nitrogens with zero attached hydrogens (tertiary/aromatic N) is 2. The standard InChI is InChI=1S/C20H16N4O2/c1-12-17-18(16(11-21)20(25)22-19(17)24-23-12)13-6-5-9-15(10-13)26-14-7-3-2-4-8-14/h2-10,16,18H,1H3,(H2,22,23,24,25). The zero-order chi connectivity index (χ0) is 18.1. The van der Waals surface area contributed by atoms with Crippen molar-refractivity contribution in [2.24, 2.45) is 5.92 Å². The fourth-order valence-corrected chi connectivity index (χ4v) is 3.31. The number of nitriles is 1. The highest BCUT2D eigenvalue weighted by molar-refractivity contribution is 5.98. The Balaban J connectivity index is 1.76. The molecule has 1 aliphatic rings. The van der Waals surface area contributed by atoms with Crippen LogP contribution in [0.25, 0.3) is 0 Å². The number of aryl methyl sites for hydroxylation is 1. The Bertz CT molecular complexity index is 1000. The summed E-state index contributed by atoms with van der Waals surface area (Å²) in [6, 6.07) is 19.1. The maximum absolute atomic E-state index is 12.3. The normalized spacial score (nSPS) is 18.5. The number of hydrogen-bond donors (Lipinski definition) is 2. The van der Waals surface area contributed by atoms with Crippen molar-refractivity contribution in [2.45, 2.75) is 12.8 Å². The Morgan fingerprint density at radius 2 is 1.88 bits per heavy atom. The molecule has 2 atom stereocenters. The molecule has 3 aromatic rings. The van der Waals surface area contributed by atoms with Gasteiger partial charge in [-0.3, -0.25) is 9.89 Å². The molecule has 2 heterocycles. The molecule has 26 heavy (non-hydrogen) atoms. The summed E-state index contributed by atoms with van der Waals surface area (Å²) >= 11 is 0. The van der Waals surface area contributed by atoms with E-state index in [9.17, 15) is 10.1 Å². The van der Waals surface area contributed by atoms with Crippen LogP contribution in [-0.2, 0) is 4.79 Å². The summed E-state index contributed by atoms with van der Waals surface area (Å²) in [5.41, 5.74) is 2.51. The van der Waals surface area contributed by atoms with Gasteiger partial charge in [0, 0.05) is 17.2 Å². The molecule has 1 aromatic heterocycles. The Hall–Kier alpha value is -3.59. The maximum atomic E-state index is 12.3. The predicted octanol–water partition coefficient (Wildman–Crippen LogP) is 3.73. The number of aromatic nitrogens is 2. The van der Waals surface area contributed by atoms with Crippen LogP contribution < -0.4 is 10.1 Å². The second-order valence-electron chi connectivity index (χ2n) is 6.17. The molecule has 6 nitrogen and oxygen atoms in total. The third-order valence-corrected chi connectivity index (χ3v) is 4.50. The minimum atomic E-state index is -0.828. The van der Waals surface area contributed by atoms with Gasteiger partial charge in [0.2, 0.25) is 5.91 Å². The van der Waals surface area contributed by atoms with Crippen LogP contribution in [0.5, 0.6) is 11.5 Å². The largest absolute Gasteiger partial charge is 0.457 e. The van der Waals surface area contributed by atoms with E-state index in [4.69, 9.17) is 4.74 Å². The van der Waals surface area contributed by atoms with Gasteiger partial charge in [0.1, 0.15) is 17.4 Å². The summed E-state index contributed by atoms with van der Waals surface area (Å²) in [6.07, 6.45) is 0. The molecule has 128 valence electrons. The van der Waals surface area contributed by atoms with Gasteiger partial charge in [-0.25, -0.2) is 0 Å². The number of aromatic amines is 1. The van der Waals surface area contributed by atoms with Gasteiger partial charge in [0.25, 0.3) is 0 Å². The molecule has 0 bridgehead atoms. The molecule has 2 aromatic carbocycles. The topological polar surface area (TPSA) is 90.8 Å². The molecule has 0 fully saturated rings. The summed E-state index contributed by atoms with van der Waals surface area (Å²) in [4.78, 5) is 12.3. The predicted molar refractivity (Wildman–Crippen MR) is 95.9 cm³/mol. The highest BCUT2D eigenvalue weighted by atomic mass is 16.5. The number of anilines is 1. The molecule has 4 rings (SSSR count). The fourth-order valence-electron chi connectivity index (χ4n) is 3.31. The van der Waals surface area contributed by atoms with Crippen molar-refractivity contribution in [3.05, 3.63) is 71.4 Å². The molecule has 0 saturated carbocycles. The summed E-state index contributed by atoms with van der Waals surface area (Å²) in [5, 5.41) is 19.3. The highest BCUT2D eigenvalue weighted by Gasteiger charge is 2.39. The van der Waals surface area contributed by atoms with Crippen LogP contribution in [0.3, 0.4) is 0 Å². The summed E-state index contributed by atoms with van der Waals surface area (Å²) in [6.45, 7) is 1.88. The first-order valence-electron chi connectivity index (χ1n) is 8.25. The van der Waals surface area contributed by atoms with Crippen molar-refractivity contribution in [1.82, 2.24) is 10.2 Å². The van der Waals surface area contributed by atoms with Crippen LogP contribution in [-0.4, -0.2) is 16.1 Å². The second-order valence-corrected chi connectivity index (χ2v) is 6.17. The molecule has 1 amide bonds. The third kappa shape index (κ3) is 2.70. The van der Waals surface area contributed by atoms with Crippen LogP contribution in [0.15, 0.2) is 54.6 Å². The van der Waals surface area contributed by atoms with Crippen molar-refractivity contribution < 1.29 is 9.53 Å². The van der Waals surface area contributed by atoms with E-state index in [0.717, 1.165) is 22.6 Å². The van der Waals surface area contributed by atoms with Gasteiger partial charge in [0.15, 0.2) is 5.82 Å². The molecule has 0 aliphatic carbocycles. The van der Waals surface area contributed by atoms with Gasteiger partial charge in [-0.1, -0.05) is 30.3 Å². The Kier molecular flexibility index (Phi) is 3.90. The molecule has 1 aliphatic heterocycles. The van der Waals surface area contributed by atoms with E-state index < -0.39 is 11.8 Å². The molecule has 0 spiro atoms. The number of carbonyl (C=O) groups excluding carboxylic acids is 1. The SMILES string of the molecule is Cc1[nH]nc2c1C(c1cccc(Oc3ccccc3)c1)C(C#N)C(=O)N2.